The Labute approximate surface area is 193 Å². The number of carbonyl (C=O) groups excluding carboxylic acids is 2. The fourth-order valence-electron chi connectivity index (χ4n) is 2.81. The van der Waals surface area contributed by atoms with Crippen LogP contribution in [-0.4, -0.2) is 23.4 Å². The van der Waals surface area contributed by atoms with E-state index in [1.807, 2.05) is 0 Å². The van der Waals surface area contributed by atoms with Crippen molar-refractivity contribution in [3.8, 4) is 17.4 Å². The number of furan rings is 1. The Morgan fingerprint density at radius 2 is 1.94 bits per heavy atom. The molecule has 3 rings (SSSR count). The van der Waals surface area contributed by atoms with Crippen molar-refractivity contribution in [3.05, 3.63) is 86.6 Å². The van der Waals surface area contributed by atoms with Gasteiger partial charge in [-0.3, -0.25) is 14.9 Å². The van der Waals surface area contributed by atoms with Crippen molar-refractivity contribution in [2.45, 2.75) is 6.92 Å². The van der Waals surface area contributed by atoms with Gasteiger partial charge in [-0.25, -0.2) is 4.79 Å². The van der Waals surface area contributed by atoms with Crippen LogP contribution in [0.1, 0.15) is 23.0 Å². The highest BCUT2D eigenvalue weighted by atomic mass is 35.5. The third-order valence-corrected chi connectivity index (χ3v) is 4.60. The molecule has 9 nitrogen and oxygen atoms in total. The van der Waals surface area contributed by atoms with Gasteiger partial charge in [-0.2, -0.15) is 5.26 Å². The minimum absolute atomic E-state index is 0.0997. The number of amides is 1. The molecule has 0 fully saturated rings. The van der Waals surface area contributed by atoms with Crippen LogP contribution < -0.4 is 5.32 Å². The molecule has 0 aliphatic heterocycles. The Bertz CT molecular complexity index is 1290. The first-order valence-corrected chi connectivity index (χ1v) is 9.94. The molecule has 1 heterocycles. The molecule has 1 amide bonds. The van der Waals surface area contributed by atoms with Gasteiger partial charge in [0.15, 0.2) is 0 Å². The summed E-state index contributed by atoms with van der Waals surface area (Å²) in [7, 11) is 0. The van der Waals surface area contributed by atoms with Gasteiger partial charge in [0.05, 0.1) is 17.1 Å². The first-order chi connectivity index (χ1) is 15.8. The molecular weight excluding hydrogens is 450 g/mol. The SMILES string of the molecule is CCOC(=O)c1ccc(-c2ccc(/C=C(\C#N)C(=O)Nc3ccc(Cl)cc3[N+](=O)[O-])o2)cc1. The van der Waals surface area contributed by atoms with Crippen LogP contribution in [-0.2, 0) is 9.53 Å². The van der Waals surface area contributed by atoms with Gasteiger partial charge in [0.1, 0.15) is 28.9 Å². The third-order valence-electron chi connectivity index (χ3n) is 4.36. The predicted octanol–water partition coefficient (Wildman–Crippen LogP) is 5.23. The largest absolute Gasteiger partial charge is 0.462 e. The van der Waals surface area contributed by atoms with Crippen LogP contribution >= 0.6 is 11.6 Å². The van der Waals surface area contributed by atoms with Crippen molar-refractivity contribution in [3.63, 3.8) is 0 Å². The van der Waals surface area contributed by atoms with Crippen LogP contribution in [0, 0.1) is 21.4 Å². The summed E-state index contributed by atoms with van der Waals surface area (Å²) in [5, 5.41) is 23.1. The molecule has 0 atom stereocenters. The number of nitriles is 1. The van der Waals surface area contributed by atoms with Crippen LogP contribution in [0.5, 0.6) is 0 Å². The third kappa shape index (κ3) is 5.64. The van der Waals surface area contributed by atoms with Crippen molar-refractivity contribution < 1.29 is 23.7 Å². The number of hydrogen-bond acceptors (Lipinski definition) is 7. The molecule has 0 spiro atoms. The Balaban J connectivity index is 1.79. The highest BCUT2D eigenvalue weighted by Crippen LogP contribution is 2.28. The molecule has 166 valence electrons. The maximum atomic E-state index is 12.5. The monoisotopic (exact) mass is 465 g/mol. The molecule has 0 unspecified atom stereocenters. The Morgan fingerprint density at radius 1 is 1.21 bits per heavy atom. The zero-order valence-electron chi connectivity index (χ0n) is 17.2. The van der Waals surface area contributed by atoms with Gasteiger partial charge < -0.3 is 14.5 Å². The zero-order valence-corrected chi connectivity index (χ0v) is 18.0. The summed E-state index contributed by atoms with van der Waals surface area (Å²) in [6.07, 6.45) is 1.22. The number of benzene rings is 2. The van der Waals surface area contributed by atoms with E-state index in [4.69, 9.17) is 20.8 Å². The lowest BCUT2D eigenvalue weighted by Crippen LogP contribution is -2.14. The first-order valence-electron chi connectivity index (χ1n) is 9.57. The summed E-state index contributed by atoms with van der Waals surface area (Å²) >= 11 is 5.77. The van der Waals surface area contributed by atoms with Crippen molar-refractivity contribution >= 4 is 40.9 Å². The number of carbonyl (C=O) groups is 2. The number of nitro benzene ring substituents is 1. The van der Waals surface area contributed by atoms with Gasteiger partial charge in [-0.15, -0.1) is 0 Å². The molecule has 0 saturated heterocycles. The van der Waals surface area contributed by atoms with Crippen molar-refractivity contribution in [2.75, 3.05) is 11.9 Å². The van der Waals surface area contributed by atoms with E-state index in [1.54, 1.807) is 49.4 Å². The molecule has 0 aliphatic rings. The van der Waals surface area contributed by atoms with Crippen LogP contribution in [0.25, 0.3) is 17.4 Å². The number of nitrogens with zero attached hydrogens (tertiary/aromatic N) is 2. The molecule has 0 saturated carbocycles. The maximum absolute atomic E-state index is 12.5. The van der Waals surface area contributed by atoms with Gasteiger partial charge in [-0.05, 0) is 43.3 Å². The Morgan fingerprint density at radius 3 is 2.58 bits per heavy atom. The van der Waals surface area contributed by atoms with E-state index in [9.17, 15) is 25.0 Å². The molecule has 10 heteroatoms. The van der Waals surface area contributed by atoms with Crippen molar-refractivity contribution in [2.24, 2.45) is 0 Å². The normalized spacial score (nSPS) is 10.9. The number of nitro groups is 1. The molecule has 1 N–H and O–H groups in total. The lowest BCUT2D eigenvalue weighted by Gasteiger charge is -2.05. The molecular formula is C23H16ClN3O6. The van der Waals surface area contributed by atoms with Gasteiger partial charge in [0.2, 0.25) is 0 Å². The van der Waals surface area contributed by atoms with E-state index in [1.165, 1.54) is 18.2 Å². The number of ether oxygens (including phenoxy) is 1. The standard InChI is InChI=1S/C23H16ClN3O6/c1-2-32-23(29)15-5-3-14(4-6-15)21-10-8-18(33-21)11-16(13-25)22(28)26-19-9-7-17(24)12-20(19)27(30)31/h3-12H,2H2,1H3,(H,26,28)/b16-11+. The van der Waals surface area contributed by atoms with E-state index in [2.05, 4.69) is 5.32 Å². The fraction of sp³-hybridized carbons (Fsp3) is 0.0870. The first kappa shape index (κ1) is 23.2. The van der Waals surface area contributed by atoms with E-state index in [0.29, 0.717) is 16.9 Å². The van der Waals surface area contributed by atoms with Crippen molar-refractivity contribution in [1.82, 2.24) is 0 Å². The second-order valence-corrected chi connectivity index (χ2v) is 6.98. The molecule has 1 aromatic heterocycles. The molecule has 3 aromatic rings. The number of halogens is 1. The number of esters is 1. The Hall–Kier alpha value is -4.42. The number of anilines is 1. The number of rotatable bonds is 7. The molecule has 0 radical (unpaired) electrons. The maximum Gasteiger partial charge on any atom is 0.338 e. The second kappa shape index (κ2) is 10.3. The average Bonchev–Trinajstić information content (AvgIpc) is 3.27. The Kier molecular flexibility index (Phi) is 7.23. The second-order valence-electron chi connectivity index (χ2n) is 6.54. The number of nitrogens with one attached hydrogen (secondary N) is 1. The van der Waals surface area contributed by atoms with E-state index in [0.717, 1.165) is 6.07 Å². The summed E-state index contributed by atoms with van der Waals surface area (Å²) in [6, 6.07) is 15.3. The molecule has 0 bridgehead atoms. The van der Waals surface area contributed by atoms with Crippen LogP contribution in [0.4, 0.5) is 11.4 Å². The van der Waals surface area contributed by atoms with Gasteiger partial charge in [0, 0.05) is 22.7 Å². The minimum Gasteiger partial charge on any atom is -0.462 e. The molecule has 0 aliphatic carbocycles. The van der Waals surface area contributed by atoms with Gasteiger partial charge >= 0.3 is 5.97 Å². The smallest absolute Gasteiger partial charge is 0.338 e. The highest BCUT2D eigenvalue weighted by Gasteiger charge is 2.19. The lowest BCUT2D eigenvalue weighted by molar-refractivity contribution is -0.383. The van der Waals surface area contributed by atoms with Crippen LogP contribution in [0.3, 0.4) is 0 Å². The summed E-state index contributed by atoms with van der Waals surface area (Å²) in [6.45, 7) is 1.99. The van der Waals surface area contributed by atoms with Crippen LogP contribution in [0.15, 0.2) is 64.6 Å². The summed E-state index contributed by atoms with van der Waals surface area (Å²) < 4.78 is 10.6. The fourth-order valence-corrected chi connectivity index (χ4v) is 2.98. The zero-order chi connectivity index (χ0) is 24.0. The van der Waals surface area contributed by atoms with Gasteiger partial charge in [0.25, 0.3) is 11.6 Å². The number of hydrogen-bond donors (Lipinski definition) is 1. The van der Waals surface area contributed by atoms with Gasteiger partial charge in [-0.1, -0.05) is 23.7 Å². The topological polar surface area (TPSA) is 135 Å². The molecule has 33 heavy (non-hydrogen) atoms. The van der Waals surface area contributed by atoms with Crippen molar-refractivity contribution in [1.29, 1.82) is 5.26 Å². The summed E-state index contributed by atoms with van der Waals surface area (Å²) in [5.74, 6) is -0.614. The predicted molar refractivity (Wildman–Crippen MR) is 120 cm³/mol. The van der Waals surface area contributed by atoms with E-state index in [-0.39, 0.29) is 28.7 Å². The quantitative estimate of drug-likeness (QED) is 0.166. The highest BCUT2D eigenvalue weighted by molar-refractivity contribution is 6.31. The van der Waals surface area contributed by atoms with E-state index >= 15 is 0 Å². The lowest BCUT2D eigenvalue weighted by atomic mass is 10.1. The average molecular weight is 466 g/mol. The van der Waals surface area contributed by atoms with Crippen LogP contribution in [0.2, 0.25) is 5.02 Å². The van der Waals surface area contributed by atoms with E-state index < -0.39 is 22.5 Å². The summed E-state index contributed by atoms with van der Waals surface area (Å²) in [5.41, 5.74) is 0.240. The summed E-state index contributed by atoms with van der Waals surface area (Å²) in [4.78, 5) is 34.7. The molecule has 2 aromatic carbocycles. The minimum atomic E-state index is -0.848.